The van der Waals surface area contributed by atoms with Crippen molar-refractivity contribution in [3.05, 3.63) is 77.4 Å². The molecule has 25 heavy (non-hydrogen) atoms. The maximum Gasteiger partial charge on any atom is 0.254 e. The molecule has 1 fully saturated rings. The molecule has 0 bridgehead atoms. The first-order valence-corrected chi connectivity index (χ1v) is 8.98. The number of benzene rings is 2. The Morgan fingerprint density at radius 1 is 1.16 bits per heavy atom. The van der Waals surface area contributed by atoms with Crippen molar-refractivity contribution in [1.29, 1.82) is 0 Å². The summed E-state index contributed by atoms with van der Waals surface area (Å²) in [5.74, 6) is 0.193. The van der Waals surface area contributed by atoms with Gasteiger partial charge in [0.2, 0.25) is 0 Å². The third kappa shape index (κ3) is 3.12. The fourth-order valence-electron chi connectivity index (χ4n) is 3.99. The Bertz CT molecular complexity index is 812. The van der Waals surface area contributed by atoms with Gasteiger partial charge in [-0.1, -0.05) is 54.6 Å². The molecule has 2 aliphatic heterocycles. The van der Waals surface area contributed by atoms with Gasteiger partial charge in [0, 0.05) is 37.8 Å². The molecule has 0 N–H and O–H groups in total. The summed E-state index contributed by atoms with van der Waals surface area (Å²) in [5.41, 5.74) is 5.57. The summed E-state index contributed by atoms with van der Waals surface area (Å²) < 4.78 is 0. The Kier molecular flexibility index (Phi) is 4.18. The highest BCUT2D eigenvalue weighted by Gasteiger charge is 2.36. The minimum atomic E-state index is 0.193. The van der Waals surface area contributed by atoms with E-state index in [1.54, 1.807) is 0 Å². The van der Waals surface area contributed by atoms with Gasteiger partial charge in [-0.15, -0.1) is 0 Å². The first kappa shape index (κ1) is 16.1. The second-order valence-electron chi connectivity index (χ2n) is 7.23. The fourth-order valence-corrected chi connectivity index (χ4v) is 3.99. The smallest absolute Gasteiger partial charge is 0.254 e. The van der Waals surface area contributed by atoms with Crippen molar-refractivity contribution in [1.82, 2.24) is 9.80 Å². The van der Waals surface area contributed by atoms with Crippen LogP contribution in [-0.4, -0.2) is 41.4 Å². The molecular formula is C22H24N2O. The topological polar surface area (TPSA) is 23.6 Å². The normalized spacial score (nSPS) is 20.1. The summed E-state index contributed by atoms with van der Waals surface area (Å²) in [6.45, 7) is 9.70. The molecule has 3 heteroatoms. The lowest BCUT2D eigenvalue weighted by atomic mass is 9.89. The molecule has 0 aromatic heterocycles. The second-order valence-corrected chi connectivity index (χ2v) is 7.23. The minimum absolute atomic E-state index is 0.193. The number of rotatable bonds is 3. The molecule has 2 aromatic rings. The number of carbonyl (C=O) groups is 1. The van der Waals surface area contributed by atoms with Gasteiger partial charge < -0.3 is 4.90 Å². The number of fused-ring (bicyclic) bond motifs is 2. The Labute approximate surface area is 149 Å². The molecule has 128 valence electrons. The number of hydrogen-bond donors (Lipinski definition) is 0. The Hall–Kier alpha value is -2.39. The minimum Gasteiger partial charge on any atom is -0.333 e. The van der Waals surface area contributed by atoms with Crippen LogP contribution >= 0.6 is 0 Å². The molecule has 4 rings (SSSR count). The van der Waals surface area contributed by atoms with Crippen LogP contribution in [-0.2, 0) is 13.0 Å². The van der Waals surface area contributed by atoms with E-state index in [0.29, 0.717) is 0 Å². The maximum atomic E-state index is 12.9. The quantitative estimate of drug-likeness (QED) is 0.857. The van der Waals surface area contributed by atoms with Gasteiger partial charge in [0.15, 0.2) is 0 Å². The van der Waals surface area contributed by atoms with Gasteiger partial charge in [-0.2, -0.15) is 0 Å². The SMILES string of the molecule is C=C(C)c1ccc2c(c1)CC1CN(Cc3ccccc3)CCN1C2=O. The number of amides is 1. The molecule has 1 amide bonds. The Morgan fingerprint density at radius 2 is 1.96 bits per heavy atom. The average Bonchev–Trinajstić information content (AvgIpc) is 2.62. The zero-order chi connectivity index (χ0) is 17.4. The van der Waals surface area contributed by atoms with Crippen molar-refractivity contribution in [2.75, 3.05) is 19.6 Å². The van der Waals surface area contributed by atoms with E-state index in [9.17, 15) is 4.79 Å². The molecule has 2 aliphatic rings. The molecule has 3 nitrogen and oxygen atoms in total. The highest BCUT2D eigenvalue weighted by atomic mass is 16.2. The Balaban J connectivity index is 1.54. The molecule has 1 saturated heterocycles. The van der Waals surface area contributed by atoms with Crippen molar-refractivity contribution in [2.24, 2.45) is 0 Å². The molecule has 2 heterocycles. The van der Waals surface area contributed by atoms with Crippen molar-refractivity contribution >= 4 is 11.5 Å². The van der Waals surface area contributed by atoms with Crippen LogP contribution in [0.25, 0.3) is 5.57 Å². The van der Waals surface area contributed by atoms with E-state index in [1.807, 2.05) is 19.1 Å². The fraction of sp³-hybridized carbons (Fsp3) is 0.318. The van der Waals surface area contributed by atoms with Gasteiger partial charge in [0.05, 0.1) is 0 Å². The van der Waals surface area contributed by atoms with Crippen LogP contribution in [0.15, 0.2) is 55.1 Å². The molecule has 0 radical (unpaired) electrons. The summed E-state index contributed by atoms with van der Waals surface area (Å²) in [6, 6.07) is 17.0. The van der Waals surface area contributed by atoms with Crippen LogP contribution in [0.3, 0.4) is 0 Å². The molecule has 1 unspecified atom stereocenters. The highest BCUT2D eigenvalue weighted by molar-refractivity contribution is 5.97. The van der Waals surface area contributed by atoms with E-state index in [-0.39, 0.29) is 11.9 Å². The van der Waals surface area contributed by atoms with Gasteiger partial charge in [-0.3, -0.25) is 9.69 Å². The monoisotopic (exact) mass is 332 g/mol. The lowest BCUT2D eigenvalue weighted by Gasteiger charge is -2.44. The van der Waals surface area contributed by atoms with Crippen molar-refractivity contribution < 1.29 is 4.79 Å². The number of allylic oxidation sites excluding steroid dienone is 1. The predicted molar refractivity (Wildman–Crippen MR) is 101 cm³/mol. The van der Waals surface area contributed by atoms with E-state index in [2.05, 4.69) is 52.8 Å². The van der Waals surface area contributed by atoms with Crippen molar-refractivity contribution in [2.45, 2.75) is 25.9 Å². The summed E-state index contributed by atoms with van der Waals surface area (Å²) in [6.07, 6.45) is 0.938. The van der Waals surface area contributed by atoms with Gasteiger partial charge in [0.25, 0.3) is 5.91 Å². The zero-order valence-corrected chi connectivity index (χ0v) is 14.7. The van der Waals surface area contributed by atoms with Gasteiger partial charge >= 0.3 is 0 Å². The van der Waals surface area contributed by atoms with E-state index >= 15 is 0 Å². The van der Waals surface area contributed by atoms with Crippen LogP contribution in [0.2, 0.25) is 0 Å². The molecule has 0 aliphatic carbocycles. The van der Waals surface area contributed by atoms with Gasteiger partial charge in [-0.25, -0.2) is 0 Å². The third-order valence-electron chi connectivity index (χ3n) is 5.36. The van der Waals surface area contributed by atoms with Gasteiger partial charge in [0.1, 0.15) is 0 Å². The van der Waals surface area contributed by atoms with Crippen LogP contribution < -0.4 is 0 Å². The molecule has 1 atom stereocenters. The molecule has 2 aromatic carbocycles. The summed E-state index contributed by atoms with van der Waals surface area (Å²) in [5, 5.41) is 0. The highest BCUT2D eigenvalue weighted by Crippen LogP contribution is 2.28. The van der Waals surface area contributed by atoms with Gasteiger partial charge in [-0.05, 0) is 36.1 Å². The second kappa shape index (κ2) is 6.49. The number of piperazine rings is 1. The summed E-state index contributed by atoms with van der Waals surface area (Å²) in [7, 11) is 0. The molecule has 0 saturated carbocycles. The summed E-state index contributed by atoms with van der Waals surface area (Å²) in [4.78, 5) is 17.4. The lowest BCUT2D eigenvalue weighted by molar-refractivity contribution is 0.0402. The van der Waals surface area contributed by atoms with E-state index in [0.717, 1.165) is 49.3 Å². The maximum absolute atomic E-state index is 12.9. The zero-order valence-electron chi connectivity index (χ0n) is 14.7. The number of hydrogen-bond acceptors (Lipinski definition) is 2. The lowest BCUT2D eigenvalue weighted by Crippen LogP contribution is -2.57. The Morgan fingerprint density at radius 3 is 2.72 bits per heavy atom. The van der Waals surface area contributed by atoms with Crippen molar-refractivity contribution in [3.8, 4) is 0 Å². The molecular weight excluding hydrogens is 308 g/mol. The van der Waals surface area contributed by atoms with Crippen molar-refractivity contribution in [3.63, 3.8) is 0 Å². The van der Waals surface area contributed by atoms with E-state index in [1.165, 1.54) is 11.1 Å². The third-order valence-corrected chi connectivity index (χ3v) is 5.36. The van der Waals surface area contributed by atoms with Crippen LogP contribution in [0.4, 0.5) is 0 Å². The van der Waals surface area contributed by atoms with Crippen LogP contribution in [0.5, 0.6) is 0 Å². The number of nitrogens with zero attached hydrogens (tertiary/aromatic N) is 2. The predicted octanol–water partition coefficient (Wildman–Crippen LogP) is 3.60. The first-order chi connectivity index (χ1) is 12.1. The molecule has 0 spiro atoms. The van der Waals surface area contributed by atoms with Crippen LogP contribution in [0, 0.1) is 0 Å². The first-order valence-electron chi connectivity index (χ1n) is 8.98. The van der Waals surface area contributed by atoms with Crippen LogP contribution in [0.1, 0.15) is 34.0 Å². The van der Waals surface area contributed by atoms with E-state index < -0.39 is 0 Å². The average molecular weight is 332 g/mol. The number of carbonyl (C=O) groups excluding carboxylic acids is 1. The largest absolute Gasteiger partial charge is 0.333 e. The standard InChI is InChI=1S/C22H24N2O/c1-16(2)18-8-9-21-19(12-18)13-20-15-23(10-11-24(20)22(21)25)14-17-6-4-3-5-7-17/h3-9,12,20H,1,10-11,13-15H2,2H3. The summed E-state index contributed by atoms with van der Waals surface area (Å²) >= 11 is 0. The van der Waals surface area contributed by atoms with E-state index in [4.69, 9.17) is 0 Å².